The van der Waals surface area contributed by atoms with Gasteiger partial charge in [-0.2, -0.15) is 4.39 Å². The Morgan fingerprint density at radius 2 is 2.15 bits per heavy atom. The third kappa shape index (κ3) is 2.48. The molecular formula is C11H10F2N4O3. The van der Waals surface area contributed by atoms with E-state index in [-0.39, 0.29) is 11.4 Å². The molecule has 0 bridgehead atoms. The van der Waals surface area contributed by atoms with Crippen molar-refractivity contribution in [2.75, 3.05) is 0 Å². The van der Waals surface area contributed by atoms with Crippen LogP contribution >= 0.6 is 0 Å². The lowest BCUT2D eigenvalue weighted by molar-refractivity contribution is -0.387. The predicted molar refractivity (Wildman–Crippen MR) is 63.2 cm³/mol. The van der Waals surface area contributed by atoms with E-state index in [9.17, 15) is 24.0 Å². The lowest BCUT2D eigenvalue weighted by atomic mass is 10.2. The minimum Gasteiger partial charge on any atom is -0.387 e. The number of nitro benzene ring substituents is 1. The Kier molecular flexibility index (Phi) is 3.70. The Hall–Kier alpha value is -2.42. The molecule has 0 fully saturated rings. The van der Waals surface area contributed by atoms with Gasteiger partial charge in [-0.05, 0) is 6.42 Å². The molecule has 106 valence electrons. The van der Waals surface area contributed by atoms with E-state index >= 15 is 0 Å². The van der Waals surface area contributed by atoms with Gasteiger partial charge in [0.15, 0.2) is 5.82 Å². The van der Waals surface area contributed by atoms with Gasteiger partial charge in [-0.3, -0.25) is 10.1 Å². The lowest BCUT2D eigenvalue weighted by Gasteiger charge is -2.03. The quantitative estimate of drug-likeness (QED) is 0.683. The molecule has 0 saturated heterocycles. The number of benzene rings is 1. The first kappa shape index (κ1) is 14.0. The molecule has 2 rings (SSSR count). The molecule has 0 aliphatic rings. The Morgan fingerprint density at radius 3 is 2.75 bits per heavy atom. The summed E-state index contributed by atoms with van der Waals surface area (Å²) in [6.07, 6.45) is 0.737. The van der Waals surface area contributed by atoms with Crippen LogP contribution in [0.4, 0.5) is 14.5 Å². The summed E-state index contributed by atoms with van der Waals surface area (Å²) in [4.78, 5) is 9.67. The van der Waals surface area contributed by atoms with Crippen molar-refractivity contribution in [1.29, 1.82) is 0 Å². The molecule has 1 unspecified atom stereocenters. The molecule has 1 aromatic heterocycles. The van der Waals surface area contributed by atoms with E-state index in [4.69, 9.17) is 0 Å². The van der Waals surface area contributed by atoms with E-state index in [1.807, 2.05) is 0 Å². The second-order valence-electron chi connectivity index (χ2n) is 4.02. The van der Waals surface area contributed by atoms with Crippen molar-refractivity contribution < 1.29 is 18.8 Å². The summed E-state index contributed by atoms with van der Waals surface area (Å²) in [5.74, 6) is -2.29. The van der Waals surface area contributed by atoms with Gasteiger partial charge in [0.25, 0.3) is 0 Å². The monoisotopic (exact) mass is 284 g/mol. The Balaban J connectivity index is 2.49. The Labute approximate surface area is 111 Å². The highest BCUT2D eigenvalue weighted by Crippen LogP contribution is 2.24. The second-order valence-corrected chi connectivity index (χ2v) is 4.02. The minimum atomic E-state index is -1.27. The third-order valence-electron chi connectivity index (χ3n) is 2.70. The smallest absolute Gasteiger partial charge is 0.307 e. The van der Waals surface area contributed by atoms with Gasteiger partial charge in [0.2, 0.25) is 5.82 Å². The number of aliphatic hydroxyl groups excluding tert-OH is 1. The van der Waals surface area contributed by atoms with Gasteiger partial charge in [-0.25, -0.2) is 9.07 Å². The van der Waals surface area contributed by atoms with Gasteiger partial charge >= 0.3 is 5.69 Å². The van der Waals surface area contributed by atoms with Gasteiger partial charge in [-0.15, -0.1) is 5.10 Å². The molecule has 1 N–H and O–H groups in total. The van der Waals surface area contributed by atoms with Crippen LogP contribution in [-0.4, -0.2) is 25.0 Å². The van der Waals surface area contributed by atoms with Crippen molar-refractivity contribution in [3.05, 3.63) is 45.8 Å². The fraction of sp³-hybridized carbons (Fsp3) is 0.273. The van der Waals surface area contributed by atoms with E-state index in [0.717, 1.165) is 10.7 Å². The SMILES string of the molecule is CCC(O)c1cn(-c2cc([N+](=O)[O-])c(F)cc2F)nn1. The van der Waals surface area contributed by atoms with Crippen molar-refractivity contribution in [1.82, 2.24) is 15.0 Å². The highest BCUT2D eigenvalue weighted by atomic mass is 19.1. The normalized spacial score (nSPS) is 12.4. The number of rotatable bonds is 4. The summed E-state index contributed by atoms with van der Waals surface area (Å²) in [6.45, 7) is 1.72. The summed E-state index contributed by atoms with van der Waals surface area (Å²) < 4.78 is 27.8. The fourth-order valence-electron chi connectivity index (χ4n) is 1.60. The number of aromatic nitrogens is 3. The molecule has 20 heavy (non-hydrogen) atoms. The van der Waals surface area contributed by atoms with E-state index in [0.29, 0.717) is 12.5 Å². The summed E-state index contributed by atoms with van der Waals surface area (Å²) in [5, 5.41) is 27.4. The van der Waals surface area contributed by atoms with Crippen LogP contribution in [0.3, 0.4) is 0 Å². The fourth-order valence-corrected chi connectivity index (χ4v) is 1.60. The van der Waals surface area contributed by atoms with Crippen molar-refractivity contribution in [3.63, 3.8) is 0 Å². The van der Waals surface area contributed by atoms with E-state index in [1.165, 1.54) is 6.20 Å². The summed E-state index contributed by atoms with van der Waals surface area (Å²) in [7, 11) is 0. The lowest BCUT2D eigenvalue weighted by Crippen LogP contribution is -2.02. The number of aliphatic hydroxyl groups is 1. The highest BCUT2D eigenvalue weighted by molar-refractivity contribution is 5.45. The number of hydrogen-bond acceptors (Lipinski definition) is 5. The van der Waals surface area contributed by atoms with Crippen LogP contribution in [0.1, 0.15) is 25.1 Å². The van der Waals surface area contributed by atoms with Crippen LogP contribution in [0.5, 0.6) is 0 Å². The number of nitrogens with zero attached hydrogens (tertiary/aromatic N) is 4. The van der Waals surface area contributed by atoms with Gasteiger partial charge < -0.3 is 5.11 Å². The van der Waals surface area contributed by atoms with E-state index in [1.54, 1.807) is 6.92 Å². The summed E-state index contributed by atoms with van der Waals surface area (Å²) in [5.41, 5.74) is -0.992. The van der Waals surface area contributed by atoms with E-state index in [2.05, 4.69) is 10.3 Å². The van der Waals surface area contributed by atoms with Crippen LogP contribution < -0.4 is 0 Å². The molecule has 0 aliphatic carbocycles. The molecule has 0 amide bonds. The minimum absolute atomic E-state index is 0.193. The van der Waals surface area contributed by atoms with Gasteiger partial charge in [0.05, 0.1) is 17.2 Å². The summed E-state index contributed by atoms with van der Waals surface area (Å²) >= 11 is 0. The summed E-state index contributed by atoms with van der Waals surface area (Å²) in [6, 6.07) is 1.13. The van der Waals surface area contributed by atoms with Crippen molar-refractivity contribution in [2.24, 2.45) is 0 Å². The first-order valence-corrected chi connectivity index (χ1v) is 5.68. The molecule has 1 heterocycles. The molecular weight excluding hydrogens is 274 g/mol. The molecule has 2 aromatic rings. The van der Waals surface area contributed by atoms with Crippen LogP contribution in [0.15, 0.2) is 18.3 Å². The van der Waals surface area contributed by atoms with Crippen molar-refractivity contribution >= 4 is 5.69 Å². The first-order chi connectivity index (χ1) is 9.43. The van der Waals surface area contributed by atoms with Crippen LogP contribution in [0.2, 0.25) is 0 Å². The molecule has 9 heteroatoms. The number of nitro groups is 1. The Bertz CT molecular complexity index is 659. The van der Waals surface area contributed by atoms with Crippen molar-refractivity contribution in [3.8, 4) is 5.69 Å². The molecule has 0 spiro atoms. The molecule has 1 atom stereocenters. The van der Waals surface area contributed by atoms with Crippen molar-refractivity contribution in [2.45, 2.75) is 19.4 Å². The average Bonchev–Trinajstić information content (AvgIpc) is 2.86. The molecule has 7 nitrogen and oxygen atoms in total. The molecule has 1 aromatic carbocycles. The zero-order valence-corrected chi connectivity index (χ0v) is 10.3. The predicted octanol–water partition coefficient (Wildman–Crippen LogP) is 1.90. The third-order valence-corrected chi connectivity index (χ3v) is 2.70. The maximum atomic E-state index is 13.7. The van der Waals surface area contributed by atoms with Gasteiger partial charge in [-0.1, -0.05) is 12.1 Å². The largest absolute Gasteiger partial charge is 0.387 e. The molecule has 0 saturated carbocycles. The van der Waals surface area contributed by atoms with Crippen LogP contribution in [0, 0.1) is 21.7 Å². The van der Waals surface area contributed by atoms with E-state index < -0.39 is 28.3 Å². The maximum Gasteiger partial charge on any atom is 0.307 e. The standard InChI is InChI=1S/C11H10F2N4O3/c1-2-11(18)8-5-16(15-14-8)9-4-10(17(19)20)7(13)3-6(9)12/h3-5,11,18H,2H2,1H3. The Morgan fingerprint density at radius 1 is 1.45 bits per heavy atom. The van der Waals surface area contributed by atoms with Crippen LogP contribution in [0.25, 0.3) is 5.69 Å². The average molecular weight is 284 g/mol. The zero-order chi connectivity index (χ0) is 14.9. The first-order valence-electron chi connectivity index (χ1n) is 5.68. The second kappa shape index (κ2) is 5.29. The topological polar surface area (TPSA) is 94.1 Å². The number of halogens is 2. The van der Waals surface area contributed by atoms with Gasteiger partial charge in [0.1, 0.15) is 11.4 Å². The molecule has 0 aliphatic heterocycles. The highest BCUT2D eigenvalue weighted by Gasteiger charge is 2.21. The number of hydrogen-bond donors (Lipinski definition) is 1. The van der Waals surface area contributed by atoms with Crippen LogP contribution in [-0.2, 0) is 0 Å². The molecule has 0 radical (unpaired) electrons. The van der Waals surface area contributed by atoms with Gasteiger partial charge in [0, 0.05) is 12.1 Å². The maximum absolute atomic E-state index is 13.7. The zero-order valence-electron chi connectivity index (χ0n) is 10.3.